The lowest BCUT2D eigenvalue weighted by Gasteiger charge is -2.12. The fraction of sp³-hybridized carbons (Fsp3) is 0.407. The fourth-order valence-electron chi connectivity index (χ4n) is 3.28. The van der Waals surface area contributed by atoms with Crippen molar-refractivity contribution in [3.8, 4) is 11.1 Å². The van der Waals surface area contributed by atoms with Crippen LogP contribution in [-0.2, 0) is 6.42 Å². The molecule has 0 radical (unpaired) electrons. The fourth-order valence-corrected chi connectivity index (χ4v) is 3.28. The molecule has 0 amide bonds. The largest absolute Gasteiger partial charge is 0.385 e. The zero-order chi connectivity index (χ0) is 21.3. The standard InChI is InChI=1S/C27H35FN2/c1-4-20(3)18-29-25-15-16-26(27(28)17-25)23-13-11-21(12-14-23)7-6-8-24(5-2)30-19-22-9-10-22/h5-6,8,11-17,20,22,29-30H,4,7,9-10,18-19H2,1-3H3/b8-6-,24-5+. The Morgan fingerprint density at radius 3 is 2.57 bits per heavy atom. The summed E-state index contributed by atoms with van der Waals surface area (Å²) in [6.07, 6.45) is 11.2. The monoisotopic (exact) mass is 406 g/mol. The van der Waals surface area contributed by atoms with Crippen molar-refractivity contribution in [1.29, 1.82) is 0 Å². The van der Waals surface area contributed by atoms with Gasteiger partial charge in [0.15, 0.2) is 0 Å². The van der Waals surface area contributed by atoms with E-state index in [1.165, 1.54) is 24.1 Å². The number of rotatable bonds is 11. The second kappa shape index (κ2) is 11.0. The van der Waals surface area contributed by atoms with E-state index in [2.05, 4.69) is 61.8 Å². The highest BCUT2D eigenvalue weighted by atomic mass is 19.1. The number of hydrogen-bond acceptors (Lipinski definition) is 2. The van der Waals surface area contributed by atoms with Gasteiger partial charge < -0.3 is 10.6 Å². The van der Waals surface area contributed by atoms with Gasteiger partial charge in [0, 0.05) is 30.0 Å². The van der Waals surface area contributed by atoms with Crippen LogP contribution in [0, 0.1) is 17.7 Å². The van der Waals surface area contributed by atoms with E-state index < -0.39 is 0 Å². The maximum Gasteiger partial charge on any atom is 0.133 e. The number of benzene rings is 2. The van der Waals surface area contributed by atoms with Crippen LogP contribution in [0.4, 0.5) is 10.1 Å². The molecule has 3 heteroatoms. The third-order valence-corrected chi connectivity index (χ3v) is 5.84. The number of hydrogen-bond donors (Lipinski definition) is 2. The molecule has 1 atom stereocenters. The summed E-state index contributed by atoms with van der Waals surface area (Å²) in [5, 5.41) is 6.83. The summed E-state index contributed by atoms with van der Waals surface area (Å²) in [4.78, 5) is 0. The van der Waals surface area contributed by atoms with Crippen LogP contribution in [0.2, 0.25) is 0 Å². The molecule has 0 heterocycles. The minimum absolute atomic E-state index is 0.184. The highest BCUT2D eigenvalue weighted by Crippen LogP contribution is 2.28. The van der Waals surface area contributed by atoms with Gasteiger partial charge in [-0.25, -0.2) is 4.39 Å². The van der Waals surface area contributed by atoms with Crippen molar-refractivity contribution >= 4 is 5.69 Å². The van der Waals surface area contributed by atoms with Crippen molar-refractivity contribution < 1.29 is 4.39 Å². The van der Waals surface area contributed by atoms with Crippen LogP contribution in [0.1, 0.15) is 45.6 Å². The molecular formula is C27H35FN2. The Balaban J connectivity index is 1.56. The van der Waals surface area contributed by atoms with Crippen LogP contribution in [0.15, 0.2) is 66.4 Å². The lowest BCUT2D eigenvalue weighted by Crippen LogP contribution is -2.14. The van der Waals surface area contributed by atoms with Crippen molar-refractivity contribution in [2.75, 3.05) is 18.4 Å². The summed E-state index contributed by atoms with van der Waals surface area (Å²) in [6.45, 7) is 8.37. The van der Waals surface area contributed by atoms with Crippen LogP contribution < -0.4 is 10.6 Å². The summed E-state index contributed by atoms with van der Waals surface area (Å²) in [5.74, 6) is 1.26. The number of halogens is 1. The van der Waals surface area contributed by atoms with Crippen molar-refractivity contribution in [3.05, 3.63) is 77.8 Å². The molecule has 160 valence electrons. The summed E-state index contributed by atoms with van der Waals surface area (Å²) in [6, 6.07) is 13.6. The topological polar surface area (TPSA) is 24.1 Å². The van der Waals surface area contributed by atoms with Crippen molar-refractivity contribution in [1.82, 2.24) is 5.32 Å². The van der Waals surface area contributed by atoms with E-state index in [4.69, 9.17) is 0 Å². The molecule has 30 heavy (non-hydrogen) atoms. The second-order valence-electron chi connectivity index (χ2n) is 8.46. The highest BCUT2D eigenvalue weighted by Gasteiger charge is 2.20. The van der Waals surface area contributed by atoms with Gasteiger partial charge in [0.05, 0.1) is 0 Å². The molecular weight excluding hydrogens is 371 g/mol. The van der Waals surface area contributed by atoms with Gasteiger partial charge in [0.25, 0.3) is 0 Å². The van der Waals surface area contributed by atoms with Crippen LogP contribution in [0.5, 0.6) is 0 Å². The van der Waals surface area contributed by atoms with Crippen LogP contribution in [0.3, 0.4) is 0 Å². The minimum Gasteiger partial charge on any atom is -0.385 e. The van der Waals surface area contributed by atoms with E-state index in [1.807, 2.05) is 24.3 Å². The van der Waals surface area contributed by atoms with E-state index in [0.29, 0.717) is 11.5 Å². The molecule has 0 spiro atoms. The maximum absolute atomic E-state index is 14.6. The van der Waals surface area contributed by atoms with E-state index in [1.54, 1.807) is 6.07 Å². The van der Waals surface area contributed by atoms with Crippen molar-refractivity contribution in [2.24, 2.45) is 11.8 Å². The quantitative estimate of drug-likeness (QED) is 0.394. The van der Waals surface area contributed by atoms with Crippen LogP contribution in [-0.4, -0.2) is 13.1 Å². The smallest absolute Gasteiger partial charge is 0.133 e. The first-order chi connectivity index (χ1) is 14.6. The van der Waals surface area contributed by atoms with Gasteiger partial charge in [-0.15, -0.1) is 0 Å². The normalized spacial score (nSPS) is 15.4. The van der Waals surface area contributed by atoms with Crippen LogP contribution >= 0.6 is 0 Å². The van der Waals surface area contributed by atoms with E-state index in [-0.39, 0.29) is 5.82 Å². The Morgan fingerprint density at radius 1 is 1.17 bits per heavy atom. The lowest BCUT2D eigenvalue weighted by molar-refractivity contribution is 0.592. The first-order valence-corrected chi connectivity index (χ1v) is 11.3. The number of anilines is 1. The van der Waals surface area contributed by atoms with E-state index in [0.717, 1.165) is 43.1 Å². The molecule has 1 aliphatic rings. The Morgan fingerprint density at radius 2 is 1.93 bits per heavy atom. The van der Waals surface area contributed by atoms with Gasteiger partial charge in [0.2, 0.25) is 0 Å². The molecule has 3 rings (SSSR count). The molecule has 1 fully saturated rings. The summed E-state index contributed by atoms with van der Waals surface area (Å²) in [7, 11) is 0. The third kappa shape index (κ3) is 6.76. The molecule has 0 saturated heterocycles. The van der Waals surface area contributed by atoms with Crippen LogP contribution in [0.25, 0.3) is 11.1 Å². The summed E-state index contributed by atoms with van der Waals surface area (Å²) >= 11 is 0. The zero-order valence-electron chi connectivity index (χ0n) is 18.5. The second-order valence-corrected chi connectivity index (χ2v) is 8.46. The Labute approximate surface area is 181 Å². The first-order valence-electron chi connectivity index (χ1n) is 11.3. The molecule has 2 aromatic carbocycles. The number of allylic oxidation sites excluding steroid dienone is 3. The molecule has 0 aliphatic heterocycles. The average molecular weight is 407 g/mol. The van der Waals surface area contributed by atoms with Crippen molar-refractivity contribution in [2.45, 2.75) is 46.5 Å². The van der Waals surface area contributed by atoms with Gasteiger partial charge in [-0.1, -0.05) is 56.7 Å². The zero-order valence-corrected chi connectivity index (χ0v) is 18.5. The highest BCUT2D eigenvalue weighted by molar-refractivity contribution is 5.67. The van der Waals surface area contributed by atoms with Gasteiger partial charge in [-0.05, 0) is 73.4 Å². The predicted octanol–water partition coefficient (Wildman–Crippen LogP) is 6.95. The maximum atomic E-state index is 14.6. The molecule has 0 aromatic heterocycles. The molecule has 2 nitrogen and oxygen atoms in total. The van der Waals surface area contributed by atoms with Gasteiger partial charge in [-0.3, -0.25) is 0 Å². The Kier molecular flexibility index (Phi) is 8.12. The average Bonchev–Trinajstić information content (AvgIpc) is 3.59. The summed E-state index contributed by atoms with van der Waals surface area (Å²) < 4.78 is 14.6. The molecule has 0 bridgehead atoms. The SMILES string of the molecule is C/C=C(\C=C/Cc1ccc(-c2ccc(NCC(C)CC)cc2F)cc1)NCC1CC1. The molecule has 1 aliphatic carbocycles. The Bertz CT molecular complexity index is 863. The van der Waals surface area contributed by atoms with Gasteiger partial charge >= 0.3 is 0 Å². The molecule has 1 saturated carbocycles. The van der Waals surface area contributed by atoms with Gasteiger partial charge in [-0.2, -0.15) is 0 Å². The van der Waals surface area contributed by atoms with E-state index in [9.17, 15) is 4.39 Å². The summed E-state index contributed by atoms with van der Waals surface area (Å²) in [5.41, 5.74) is 4.80. The first kappa shape index (κ1) is 22.1. The minimum atomic E-state index is -0.184. The lowest BCUT2D eigenvalue weighted by atomic mass is 10.0. The molecule has 2 aromatic rings. The molecule has 1 unspecified atom stereocenters. The predicted molar refractivity (Wildman–Crippen MR) is 127 cm³/mol. The van der Waals surface area contributed by atoms with E-state index >= 15 is 0 Å². The van der Waals surface area contributed by atoms with Gasteiger partial charge in [0.1, 0.15) is 5.82 Å². The Hall–Kier alpha value is -2.55. The van der Waals surface area contributed by atoms with Crippen molar-refractivity contribution in [3.63, 3.8) is 0 Å². The number of nitrogens with one attached hydrogen (secondary N) is 2. The molecule has 2 N–H and O–H groups in total. The third-order valence-electron chi connectivity index (χ3n) is 5.84.